The van der Waals surface area contributed by atoms with Gasteiger partial charge in [-0.05, 0) is 98.9 Å². The number of aliphatic imine (C=N–C) groups is 1. The number of carbonyl (C=O) groups excluding carboxylic acids is 1. The summed E-state index contributed by atoms with van der Waals surface area (Å²) in [4.78, 5) is 22.6. The first kappa shape index (κ1) is 49.1. The maximum atomic E-state index is 13.7. The van der Waals surface area contributed by atoms with Crippen LogP contribution in [0.15, 0.2) is 76.0 Å². The van der Waals surface area contributed by atoms with E-state index >= 15 is 0 Å². The summed E-state index contributed by atoms with van der Waals surface area (Å²) in [7, 11) is 4.20. The lowest BCUT2D eigenvalue weighted by Gasteiger charge is -2.27. The Kier molecular flexibility index (Phi) is 23.1. The molecule has 0 aliphatic carbocycles. The predicted molar refractivity (Wildman–Crippen MR) is 251 cm³/mol. The molecular weight excluding hydrogens is 701 g/mol. The summed E-state index contributed by atoms with van der Waals surface area (Å²) in [6.07, 6.45) is 18.6. The normalized spacial score (nSPS) is 14.6. The Morgan fingerprint density at radius 1 is 0.877 bits per heavy atom. The lowest BCUT2D eigenvalue weighted by Crippen LogP contribution is -2.45. The van der Waals surface area contributed by atoms with Crippen molar-refractivity contribution >= 4 is 24.0 Å². The van der Waals surface area contributed by atoms with Crippen LogP contribution in [-0.4, -0.2) is 49.2 Å². The molecule has 0 aromatic heterocycles. The monoisotopic (exact) mass is 783 g/mol. The number of carbonyl (C=O) groups is 1. The van der Waals surface area contributed by atoms with Gasteiger partial charge in [-0.25, -0.2) is 0 Å². The highest BCUT2D eigenvalue weighted by Crippen LogP contribution is 2.36. The average Bonchev–Trinajstić information content (AvgIpc) is 3.51. The highest BCUT2D eigenvalue weighted by Gasteiger charge is 2.32. The van der Waals surface area contributed by atoms with Gasteiger partial charge in [-0.3, -0.25) is 9.79 Å². The smallest absolute Gasteiger partial charge is 0.267 e. The molecule has 0 fully saturated rings. The fraction of sp³-hybridized carbons (Fsp3) is 0.600. The summed E-state index contributed by atoms with van der Waals surface area (Å²) in [5, 5.41) is 10.6. The van der Waals surface area contributed by atoms with Crippen molar-refractivity contribution in [3.05, 3.63) is 82.1 Å². The zero-order valence-corrected chi connectivity index (χ0v) is 38.5. The molecule has 1 unspecified atom stereocenters. The number of nitrogens with zero attached hydrogens (tertiary/aromatic N) is 3. The van der Waals surface area contributed by atoms with Crippen LogP contribution in [0, 0.1) is 12.8 Å². The topological polar surface area (TPSA) is 72.0 Å². The molecule has 57 heavy (non-hydrogen) atoms. The van der Waals surface area contributed by atoms with Crippen molar-refractivity contribution < 1.29 is 4.79 Å². The van der Waals surface area contributed by atoms with Gasteiger partial charge in [-0.1, -0.05) is 144 Å². The molecule has 0 radical (unpaired) electrons. The third-order valence-electron chi connectivity index (χ3n) is 11.2. The molecule has 1 aliphatic rings. The van der Waals surface area contributed by atoms with E-state index in [4.69, 9.17) is 0 Å². The molecule has 1 amide bonds. The molecule has 2 aromatic rings. The van der Waals surface area contributed by atoms with E-state index in [0.29, 0.717) is 0 Å². The summed E-state index contributed by atoms with van der Waals surface area (Å²) in [5.41, 5.74) is 12.6. The van der Waals surface area contributed by atoms with Crippen molar-refractivity contribution in [2.75, 3.05) is 31.3 Å². The SMILES string of the molecule is C=N/C(CCCCC)=C(/CCC)N(C)CC(=CCC)Nc1cccc(-c2cccc(NC(=O)C3NC(CC)=C(CCC)N3C)c2CC)c1C.CCCC(C)CCC. The Morgan fingerprint density at radius 3 is 2.11 bits per heavy atom. The van der Waals surface area contributed by atoms with E-state index in [1.165, 1.54) is 72.4 Å². The number of likely N-dealkylation sites (N-methyl/N-ethyl adjacent to an activating group) is 2. The molecule has 0 bridgehead atoms. The summed E-state index contributed by atoms with van der Waals surface area (Å²) in [6, 6.07) is 12.7. The van der Waals surface area contributed by atoms with Crippen molar-refractivity contribution in [3.63, 3.8) is 0 Å². The van der Waals surface area contributed by atoms with Gasteiger partial charge in [-0.2, -0.15) is 0 Å². The molecule has 1 aliphatic heterocycles. The summed E-state index contributed by atoms with van der Waals surface area (Å²) in [6.45, 7) is 26.9. The fourth-order valence-electron chi connectivity index (χ4n) is 8.13. The van der Waals surface area contributed by atoms with Crippen LogP contribution in [0.2, 0.25) is 0 Å². The first-order valence-electron chi connectivity index (χ1n) is 22.6. The van der Waals surface area contributed by atoms with Crippen LogP contribution < -0.4 is 16.0 Å². The second-order valence-corrected chi connectivity index (χ2v) is 15.9. The standard InChI is InChI=1S/C42H64N6O.C8H18/c1-11-17-18-26-38(43-8)39(22-13-3)47(9)29-31(21-12-2)44-36-27-19-24-33(30(36)7)34-25-20-28-37(32(34)15-5)46-42(49)41-45-35(16-6)40(23-14-4)48(41)10;1-4-6-8(3)7-5-2/h19-21,24-25,27-28,41,44-45H,8,11-18,22-23,26,29H2,1-7,9-10H3,(H,46,49);8H,4-7H2,1-3H3/b31-21?,39-38-;. The van der Waals surface area contributed by atoms with Gasteiger partial charge in [0.05, 0.1) is 12.2 Å². The molecular formula is C50H82N6O. The minimum atomic E-state index is -0.414. The Balaban J connectivity index is 0.00000126. The second-order valence-electron chi connectivity index (χ2n) is 15.9. The molecule has 0 spiro atoms. The first-order valence-corrected chi connectivity index (χ1v) is 22.6. The number of allylic oxidation sites excluding steroid dienone is 5. The van der Waals surface area contributed by atoms with E-state index in [1.54, 1.807) is 0 Å². The Hall–Kier alpha value is -4.00. The quantitative estimate of drug-likeness (QED) is 0.0731. The van der Waals surface area contributed by atoms with Gasteiger partial charge in [0.2, 0.25) is 0 Å². The number of unbranched alkanes of at least 4 members (excludes halogenated alkanes) is 2. The molecule has 7 nitrogen and oxygen atoms in total. The van der Waals surface area contributed by atoms with Crippen LogP contribution in [0.3, 0.4) is 0 Å². The van der Waals surface area contributed by atoms with Gasteiger partial charge >= 0.3 is 0 Å². The minimum absolute atomic E-state index is 0.0336. The van der Waals surface area contributed by atoms with Crippen LogP contribution >= 0.6 is 0 Å². The van der Waals surface area contributed by atoms with Gasteiger partial charge in [0.1, 0.15) is 0 Å². The van der Waals surface area contributed by atoms with E-state index in [9.17, 15) is 4.79 Å². The molecule has 3 rings (SSSR count). The molecule has 318 valence electrons. The Labute approximate surface area is 350 Å². The number of amides is 1. The first-order chi connectivity index (χ1) is 27.5. The lowest BCUT2D eigenvalue weighted by atomic mass is 9.92. The van der Waals surface area contributed by atoms with Crippen LogP contribution in [0.4, 0.5) is 11.4 Å². The molecule has 0 saturated carbocycles. The maximum Gasteiger partial charge on any atom is 0.267 e. The number of anilines is 2. The van der Waals surface area contributed by atoms with E-state index < -0.39 is 6.17 Å². The highest BCUT2D eigenvalue weighted by molar-refractivity contribution is 5.97. The van der Waals surface area contributed by atoms with E-state index in [2.05, 4.69) is 150 Å². The number of benzene rings is 2. The molecule has 1 atom stereocenters. The average molecular weight is 783 g/mol. The molecule has 2 aromatic carbocycles. The Bertz CT molecular complexity index is 1610. The number of hydrogen-bond acceptors (Lipinski definition) is 6. The van der Waals surface area contributed by atoms with Crippen LogP contribution in [-0.2, 0) is 11.2 Å². The van der Waals surface area contributed by atoms with Crippen molar-refractivity contribution in [2.24, 2.45) is 10.9 Å². The van der Waals surface area contributed by atoms with Gasteiger partial charge in [-0.15, -0.1) is 0 Å². The van der Waals surface area contributed by atoms with Crippen LogP contribution in [0.25, 0.3) is 11.1 Å². The minimum Gasteiger partial charge on any atom is -0.371 e. The van der Waals surface area contributed by atoms with E-state index in [-0.39, 0.29) is 5.91 Å². The molecule has 0 saturated heterocycles. The van der Waals surface area contributed by atoms with Crippen molar-refractivity contribution in [2.45, 2.75) is 172 Å². The number of nitrogens with one attached hydrogen (secondary N) is 3. The zero-order valence-electron chi connectivity index (χ0n) is 38.5. The van der Waals surface area contributed by atoms with Gasteiger partial charge in [0.15, 0.2) is 6.17 Å². The predicted octanol–water partition coefficient (Wildman–Crippen LogP) is 13.6. The third kappa shape index (κ3) is 14.7. The van der Waals surface area contributed by atoms with Gasteiger partial charge < -0.3 is 25.8 Å². The molecule has 3 N–H and O–H groups in total. The van der Waals surface area contributed by atoms with Crippen molar-refractivity contribution in [1.82, 2.24) is 15.1 Å². The molecule has 1 heterocycles. The number of hydrogen-bond donors (Lipinski definition) is 3. The van der Waals surface area contributed by atoms with Gasteiger partial charge in [0.25, 0.3) is 5.91 Å². The largest absolute Gasteiger partial charge is 0.371 e. The number of rotatable bonds is 24. The van der Waals surface area contributed by atoms with Crippen LogP contribution in [0.5, 0.6) is 0 Å². The lowest BCUT2D eigenvalue weighted by molar-refractivity contribution is -0.120. The summed E-state index contributed by atoms with van der Waals surface area (Å²) >= 11 is 0. The fourth-order valence-corrected chi connectivity index (χ4v) is 8.13. The van der Waals surface area contributed by atoms with Crippen molar-refractivity contribution in [3.8, 4) is 11.1 Å². The zero-order chi connectivity index (χ0) is 42.3. The van der Waals surface area contributed by atoms with Crippen molar-refractivity contribution in [1.29, 1.82) is 0 Å². The second kappa shape index (κ2) is 26.8. The van der Waals surface area contributed by atoms with Gasteiger partial charge in [0, 0.05) is 48.3 Å². The van der Waals surface area contributed by atoms with E-state index in [0.717, 1.165) is 98.4 Å². The summed E-state index contributed by atoms with van der Waals surface area (Å²) < 4.78 is 0. The molecule has 7 heteroatoms. The third-order valence-corrected chi connectivity index (χ3v) is 11.2. The van der Waals surface area contributed by atoms with E-state index in [1.807, 2.05) is 13.1 Å². The Morgan fingerprint density at radius 2 is 1.54 bits per heavy atom. The summed E-state index contributed by atoms with van der Waals surface area (Å²) in [5.74, 6) is 0.929. The van der Waals surface area contributed by atoms with Crippen LogP contribution in [0.1, 0.15) is 163 Å². The maximum absolute atomic E-state index is 13.7. The highest BCUT2D eigenvalue weighted by atomic mass is 16.2.